The Balaban J connectivity index is 1.35. The lowest BCUT2D eigenvalue weighted by molar-refractivity contribution is -0.136. The van der Waals surface area contributed by atoms with Crippen LogP contribution >= 0.6 is 0 Å². The van der Waals surface area contributed by atoms with Crippen LogP contribution in [-0.2, 0) is 20.7 Å². The Kier molecular flexibility index (Phi) is 4.88. The van der Waals surface area contributed by atoms with Gasteiger partial charge in [0.1, 0.15) is 11.9 Å². The first-order valence-corrected chi connectivity index (χ1v) is 9.19. The minimum absolute atomic E-state index is 0.00458. The van der Waals surface area contributed by atoms with E-state index in [4.69, 9.17) is 9.15 Å². The number of benzene rings is 1. The summed E-state index contributed by atoms with van der Waals surface area (Å²) in [6.07, 6.45) is 1.74. The van der Waals surface area contributed by atoms with E-state index < -0.39 is 0 Å². The molecule has 1 atom stereocenters. The molecule has 3 heterocycles. The molecule has 1 aromatic heterocycles. The van der Waals surface area contributed by atoms with Crippen molar-refractivity contribution in [2.45, 2.75) is 19.3 Å². The Morgan fingerprint density at radius 2 is 1.92 bits per heavy atom. The number of aromatic nitrogens is 1. The van der Waals surface area contributed by atoms with Crippen LogP contribution in [0, 0.1) is 5.92 Å². The van der Waals surface area contributed by atoms with Crippen molar-refractivity contribution in [3.63, 3.8) is 0 Å². The van der Waals surface area contributed by atoms with Crippen molar-refractivity contribution >= 4 is 22.9 Å². The van der Waals surface area contributed by atoms with Crippen molar-refractivity contribution in [2.75, 3.05) is 39.4 Å². The molecule has 2 aliphatic rings. The molecule has 0 N–H and O–H groups in total. The van der Waals surface area contributed by atoms with Gasteiger partial charge in [-0.3, -0.25) is 9.59 Å². The van der Waals surface area contributed by atoms with Gasteiger partial charge in [0.05, 0.1) is 12.5 Å². The topological polar surface area (TPSA) is 75.9 Å². The molecule has 0 aliphatic carbocycles. The van der Waals surface area contributed by atoms with Crippen molar-refractivity contribution < 1.29 is 18.7 Å². The van der Waals surface area contributed by atoms with Gasteiger partial charge in [-0.1, -0.05) is 12.1 Å². The fourth-order valence-electron chi connectivity index (χ4n) is 3.61. The molecule has 2 aromatic rings. The maximum Gasteiger partial charge on any atom is 0.231 e. The molecule has 0 bridgehead atoms. The number of carbonyl (C=O) groups excluding carboxylic acids is 2. The molecule has 26 heavy (non-hydrogen) atoms. The number of rotatable bonds is 3. The van der Waals surface area contributed by atoms with Gasteiger partial charge in [-0.2, -0.15) is 0 Å². The minimum atomic E-state index is -0.0167. The Bertz CT molecular complexity index is 764. The molecule has 7 heteroatoms. The normalized spacial score (nSPS) is 21.2. The summed E-state index contributed by atoms with van der Waals surface area (Å²) in [4.78, 5) is 33.2. The molecule has 0 saturated carbocycles. The van der Waals surface area contributed by atoms with E-state index in [1.807, 2.05) is 34.1 Å². The highest BCUT2D eigenvalue weighted by Crippen LogP contribution is 2.18. The molecule has 2 amide bonds. The molecule has 2 fully saturated rings. The van der Waals surface area contributed by atoms with Gasteiger partial charge >= 0.3 is 0 Å². The van der Waals surface area contributed by atoms with Crippen LogP contribution in [0.15, 0.2) is 28.7 Å². The van der Waals surface area contributed by atoms with Crippen molar-refractivity contribution in [2.24, 2.45) is 5.92 Å². The van der Waals surface area contributed by atoms with Gasteiger partial charge in [-0.25, -0.2) is 4.98 Å². The van der Waals surface area contributed by atoms with Crippen molar-refractivity contribution in [3.05, 3.63) is 30.2 Å². The van der Waals surface area contributed by atoms with E-state index in [1.54, 1.807) is 0 Å². The Morgan fingerprint density at radius 3 is 2.73 bits per heavy atom. The van der Waals surface area contributed by atoms with Gasteiger partial charge in [0.2, 0.25) is 17.7 Å². The first kappa shape index (κ1) is 17.0. The number of fused-ring (bicyclic) bond motifs is 1. The molecule has 1 aromatic carbocycles. The van der Waals surface area contributed by atoms with E-state index in [0.717, 1.165) is 18.4 Å². The first-order chi connectivity index (χ1) is 12.7. The Hall–Kier alpha value is -2.41. The molecule has 4 rings (SSSR count). The van der Waals surface area contributed by atoms with Crippen molar-refractivity contribution in [1.82, 2.24) is 14.8 Å². The van der Waals surface area contributed by atoms with E-state index >= 15 is 0 Å². The zero-order valence-electron chi connectivity index (χ0n) is 14.7. The highest BCUT2D eigenvalue weighted by Gasteiger charge is 2.30. The fraction of sp³-hybridized carbons (Fsp3) is 0.526. The van der Waals surface area contributed by atoms with Gasteiger partial charge in [0, 0.05) is 32.8 Å². The minimum Gasteiger partial charge on any atom is -0.440 e. The zero-order chi connectivity index (χ0) is 17.9. The van der Waals surface area contributed by atoms with E-state index in [1.165, 1.54) is 0 Å². The van der Waals surface area contributed by atoms with E-state index in [-0.39, 0.29) is 24.2 Å². The van der Waals surface area contributed by atoms with Crippen molar-refractivity contribution in [3.8, 4) is 0 Å². The summed E-state index contributed by atoms with van der Waals surface area (Å²) in [5, 5.41) is 0. The largest absolute Gasteiger partial charge is 0.440 e. The van der Waals surface area contributed by atoms with E-state index in [2.05, 4.69) is 4.98 Å². The third-order valence-corrected chi connectivity index (χ3v) is 5.08. The molecule has 7 nitrogen and oxygen atoms in total. The summed E-state index contributed by atoms with van der Waals surface area (Å²) >= 11 is 0. The second-order valence-electron chi connectivity index (χ2n) is 6.87. The lowest BCUT2D eigenvalue weighted by Gasteiger charge is -2.24. The summed E-state index contributed by atoms with van der Waals surface area (Å²) < 4.78 is 11.0. The second kappa shape index (κ2) is 7.45. The quantitative estimate of drug-likeness (QED) is 0.831. The molecule has 0 spiro atoms. The van der Waals surface area contributed by atoms with Gasteiger partial charge in [-0.05, 0) is 25.0 Å². The smallest absolute Gasteiger partial charge is 0.231 e. The molecule has 138 valence electrons. The number of hydrogen-bond donors (Lipinski definition) is 0. The first-order valence-electron chi connectivity index (χ1n) is 9.19. The maximum absolute atomic E-state index is 12.6. The maximum atomic E-state index is 12.6. The average molecular weight is 357 g/mol. The Morgan fingerprint density at radius 1 is 1.12 bits per heavy atom. The number of amides is 2. The molecule has 0 radical (unpaired) electrons. The number of oxazole rings is 1. The summed E-state index contributed by atoms with van der Waals surface area (Å²) in [5.41, 5.74) is 1.46. The summed E-state index contributed by atoms with van der Waals surface area (Å²) in [5.74, 6) is 0.583. The van der Waals surface area contributed by atoms with Gasteiger partial charge < -0.3 is 19.0 Å². The number of carbonyl (C=O) groups is 2. The molecular formula is C19H23N3O4. The summed E-state index contributed by atoms with van der Waals surface area (Å²) in [6.45, 7) is 3.67. The SMILES string of the molecule is O=C(Cc1nc2ccccc2o1)N1CCCN(C(=O)C2CCOC2)CC1. The number of nitrogens with zero attached hydrogens (tertiary/aromatic N) is 3. The highest BCUT2D eigenvalue weighted by atomic mass is 16.5. The fourth-order valence-corrected chi connectivity index (χ4v) is 3.61. The monoisotopic (exact) mass is 357 g/mol. The van der Waals surface area contributed by atoms with Crippen LogP contribution in [0.5, 0.6) is 0 Å². The number of para-hydroxylation sites is 2. The van der Waals surface area contributed by atoms with E-state index in [9.17, 15) is 9.59 Å². The van der Waals surface area contributed by atoms with Crippen LogP contribution < -0.4 is 0 Å². The predicted molar refractivity (Wildman–Crippen MR) is 94.4 cm³/mol. The molecular weight excluding hydrogens is 334 g/mol. The molecule has 1 unspecified atom stereocenters. The lowest BCUT2D eigenvalue weighted by Crippen LogP contribution is -2.40. The summed E-state index contributed by atoms with van der Waals surface area (Å²) in [7, 11) is 0. The van der Waals surface area contributed by atoms with Gasteiger partial charge in [0.25, 0.3) is 0 Å². The standard InChI is InChI=1S/C19H23N3O4/c23-18(12-17-20-15-4-1-2-5-16(15)26-17)21-7-3-8-22(10-9-21)19(24)14-6-11-25-13-14/h1-2,4-5,14H,3,6-13H2. The van der Waals surface area contributed by atoms with Crippen LogP contribution in [-0.4, -0.2) is 66.0 Å². The van der Waals surface area contributed by atoms with Gasteiger partial charge in [-0.15, -0.1) is 0 Å². The van der Waals surface area contributed by atoms with Crippen LogP contribution in [0.25, 0.3) is 11.1 Å². The lowest BCUT2D eigenvalue weighted by atomic mass is 10.1. The third-order valence-electron chi connectivity index (χ3n) is 5.08. The van der Waals surface area contributed by atoms with Crippen LogP contribution in [0.2, 0.25) is 0 Å². The highest BCUT2D eigenvalue weighted by molar-refractivity contribution is 5.81. The Labute approximate surface area is 151 Å². The van der Waals surface area contributed by atoms with Crippen LogP contribution in [0.3, 0.4) is 0 Å². The molecule has 2 aliphatic heterocycles. The predicted octanol–water partition coefficient (Wildman–Crippen LogP) is 1.47. The molecule has 2 saturated heterocycles. The van der Waals surface area contributed by atoms with E-state index in [0.29, 0.717) is 50.9 Å². The summed E-state index contributed by atoms with van der Waals surface area (Å²) in [6, 6.07) is 7.49. The average Bonchev–Trinajstić information content (AvgIpc) is 3.25. The third kappa shape index (κ3) is 3.58. The van der Waals surface area contributed by atoms with Crippen molar-refractivity contribution in [1.29, 1.82) is 0 Å². The van der Waals surface area contributed by atoms with Crippen LogP contribution in [0.4, 0.5) is 0 Å². The number of hydrogen-bond acceptors (Lipinski definition) is 5. The number of ether oxygens (including phenoxy) is 1. The van der Waals surface area contributed by atoms with Crippen LogP contribution in [0.1, 0.15) is 18.7 Å². The second-order valence-corrected chi connectivity index (χ2v) is 6.87. The van der Waals surface area contributed by atoms with Gasteiger partial charge in [0.15, 0.2) is 5.58 Å². The zero-order valence-corrected chi connectivity index (χ0v) is 14.7.